The third-order valence-corrected chi connectivity index (χ3v) is 2.76. The standard InChI is InChI=1S/C10H12N2OS/c13-11-10(14)12-7-3-5-8-4-1-2-6-9(8)12/h1-2,4,6,13H,3,5,7H2,(H,11,14). The fraction of sp³-hybridized carbons (Fsp3) is 0.300. The predicted molar refractivity (Wildman–Crippen MR) is 59.6 cm³/mol. The van der Waals surface area contributed by atoms with Crippen molar-refractivity contribution in [1.29, 1.82) is 0 Å². The lowest BCUT2D eigenvalue weighted by atomic mass is 10.0. The molecule has 14 heavy (non-hydrogen) atoms. The number of benzene rings is 1. The van der Waals surface area contributed by atoms with E-state index in [2.05, 4.69) is 6.07 Å². The first-order valence-corrected chi connectivity index (χ1v) is 5.03. The van der Waals surface area contributed by atoms with Crippen molar-refractivity contribution in [1.82, 2.24) is 5.48 Å². The fourth-order valence-corrected chi connectivity index (χ4v) is 1.99. The van der Waals surface area contributed by atoms with Crippen molar-refractivity contribution in [2.45, 2.75) is 12.8 Å². The Morgan fingerprint density at radius 1 is 1.43 bits per heavy atom. The molecule has 0 aliphatic carbocycles. The minimum Gasteiger partial charge on any atom is -0.317 e. The molecule has 0 bridgehead atoms. The molecule has 0 saturated heterocycles. The van der Waals surface area contributed by atoms with Crippen molar-refractivity contribution in [3.8, 4) is 0 Å². The molecule has 0 radical (unpaired) electrons. The summed E-state index contributed by atoms with van der Waals surface area (Å²) in [6, 6.07) is 8.13. The first kappa shape index (κ1) is 9.43. The van der Waals surface area contributed by atoms with Crippen LogP contribution in [-0.2, 0) is 6.42 Å². The van der Waals surface area contributed by atoms with E-state index in [0.717, 1.165) is 25.1 Å². The summed E-state index contributed by atoms with van der Waals surface area (Å²) in [5.74, 6) is 0. The summed E-state index contributed by atoms with van der Waals surface area (Å²) in [6.45, 7) is 0.864. The van der Waals surface area contributed by atoms with Crippen molar-refractivity contribution in [3.05, 3.63) is 29.8 Å². The van der Waals surface area contributed by atoms with Gasteiger partial charge in [-0.3, -0.25) is 5.21 Å². The number of fused-ring (bicyclic) bond motifs is 1. The molecule has 1 heterocycles. The second kappa shape index (κ2) is 3.94. The lowest BCUT2D eigenvalue weighted by molar-refractivity contribution is 0.235. The normalized spacial score (nSPS) is 14.8. The maximum Gasteiger partial charge on any atom is 0.197 e. The third kappa shape index (κ3) is 1.58. The molecule has 0 aromatic heterocycles. The molecule has 2 N–H and O–H groups in total. The second-order valence-corrected chi connectivity index (χ2v) is 3.69. The maximum atomic E-state index is 8.78. The van der Waals surface area contributed by atoms with Crippen molar-refractivity contribution in [2.75, 3.05) is 11.4 Å². The van der Waals surface area contributed by atoms with Crippen LogP contribution in [-0.4, -0.2) is 16.9 Å². The Balaban J connectivity index is 2.35. The number of anilines is 1. The van der Waals surface area contributed by atoms with E-state index in [-0.39, 0.29) is 0 Å². The van der Waals surface area contributed by atoms with Crippen LogP contribution in [0.2, 0.25) is 0 Å². The molecule has 0 unspecified atom stereocenters. The quantitative estimate of drug-likeness (QED) is 0.502. The van der Waals surface area contributed by atoms with E-state index in [1.807, 2.05) is 28.6 Å². The zero-order chi connectivity index (χ0) is 9.97. The number of nitrogens with one attached hydrogen (secondary N) is 1. The summed E-state index contributed by atoms with van der Waals surface area (Å²) in [7, 11) is 0. The number of hydrogen-bond acceptors (Lipinski definition) is 2. The van der Waals surface area contributed by atoms with Crippen molar-refractivity contribution >= 4 is 23.0 Å². The monoisotopic (exact) mass is 208 g/mol. The first-order valence-electron chi connectivity index (χ1n) is 4.62. The summed E-state index contributed by atoms with van der Waals surface area (Å²) in [4.78, 5) is 1.92. The number of aryl methyl sites for hydroxylation is 1. The van der Waals surface area contributed by atoms with E-state index in [1.165, 1.54) is 5.56 Å². The van der Waals surface area contributed by atoms with Gasteiger partial charge in [0.2, 0.25) is 0 Å². The zero-order valence-corrected chi connectivity index (χ0v) is 8.55. The Labute approximate surface area is 88.3 Å². The minimum atomic E-state index is 0.372. The number of rotatable bonds is 0. The van der Waals surface area contributed by atoms with E-state index in [4.69, 9.17) is 17.4 Å². The number of para-hydroxylation sites is 1. The Morgan fingerprint density at radius 3 is 3.00 bits per heavy atom. The Bertz CT molecular complexity index is 354. The lowest BCUT2D eigenvalue weighted by Crippen LogP contribution is -2.41. The average Bonchev–Trinajstić information content (AvgIpc) is 2.27. The topological polar surface area (TPSA) is 35.5 Å². The molecule has 4 heteroatoms. The molecule has 1 aromatic carbocycles. The van der Waals surface area contributed by atoms with Crippen LogP contribution < -0.4 is 10.4 Å². The van der Waals surface area contributed by atoms with E-state index < -0.39 is 0 Å². The van der Waals surface area contributed by atoms with E-state index in [9.17, 15) is 0 Å². The first-order chi connectivity index (χ1) is 6.83. The molecule has 0 spiro atoms. The summed E-state index contributed by atoms with van der Waals surface area (Å²) in [6.07, 6.45) is 2.15. The van der Waals surface area contributed by atoms with E-state index in [1.54, 1.807) is 0 Å². The molecular formula is C10H12N2OS. The van der Waals surface area contributed by atoms with Gasteiger partial charge in [-0.05, 0) is 36.7 Å². The molecule has 74 valence electrons. The summed E-state index contributed by atoms with van der Waals surface area (Å²) in [5.41, 5.74) is 4.42. The van der Waals surface area contributed by atoms with Gasteiger partial charge in [0.15, 0.2) is 5.11 Å². The van der Waals surface area contributed by atoms with Gasteiger partial charge in [-0.25, -0.2) is 5.48 Å². The molecule has 2 rings (SSSR count). The fourth-order valence-electron chi connectivity index (χ4n) is 1.80. The van der Waals surface area contributed by atoms with Crippen molar-refractivity contribution < 1.29 is 5.21 Å². The summed E-state index contributed by atoms with van der Waals surface area (Å²) < 4.78 is 0. The highest BCUT2D eigenvalue weighted by molar-refractivity contribution is 7.80. The molecule has 0 fully saturated rings. The Hall–Kier alpha value is -1.13. The van der Waals surface area contributed by atoms with Crippen LogP contribution in [0.3, 0.4) is 0 Å². The van der Waals surface area contributed by atoms with Gasteiger partial charge in [0, 0.05) is 12.2 Å². The molecule has 0 amide bonds. The number of hydrogen-bond donors (Lipinski definition) is 2. The molecule has 3 nitrogen and oxygen atoms in total. The van der Waals surface area contributed by atoms with Gasteiger partial charge in [0.05, 0.1) is 0 Å². The molecule has 0 saturated carbocycles. The van der Waals surface area contributed by atoms with Crippen LogP contribution in [0.5, 0.6) is 0 Å². The highest BCUT2D eigenvalue weighted by Gasteiger charge is 2.18. The Kier molecular flexibility index (Phi) is 2.65. The number of thiocarbonyl (C=S) groups is 1. The third-order valence-electron chi connectivity index (χ3n) is 2.45. The Morgan fingerprint density at radius 2 is 2.21 bits per heavy atom. The van der Waals surface area contributed by atoms with Gasteiger partial charge >= 0.3 is 0 Å². The summed E-state index contributed by atoms with van der Waals surface area (Å²) in [5, 5.41) is 9.15. The SMILES string of the molecule is ONC(=S)N1CCCc2ccccc21. The van der Waals surface area contributed by atoms with Crippen LogP contribution in [0.15, 0.2) is 24.3 Å². The molecule has 1 aromatic rings. The van der Waals surface area contributed by atoms with Crippen molar-refractivity contribution in [3.63, 3.8) is 0 Å². The largest absolute Gasteiger partial charge is 0.317 e. The van der Waals surface area contributed by atoms with Crippen LogP contribution in [0.1, 0.15) is 12.0 Å². The van der Waals surface area contributed by atoms with E-state index in [0.29, 0.717) is 5.11 Å². The van der Waals surface area contributed by atoms with Crippen LogP contribution in [0, 0.1) is 0 Å². The van der Waals surface area contributed by atoms with Gasteiger partial charge in [-0.1, -0.05) is 18.2 Å². The summed E-state index contributed by atoms with van der Waals surface area (Å²) >= 11 is 5.02. The molecular weight excluding hydrogens is 196 g/mol. The number of nitrogens with zero attached hydrogens (tertiary/aromatic N) is 1. The highest BCUT2D eigenvalue weighted by Crippen LogP contribution is 2.26. The molecule has 1 aliphatic rings. The van der Waals surface area contributed by atoms with E-state index >= 15 is 0 Å². The van der Waals surface area contributed by atoms with Crippen LogP contribution in [0.25, 0.3) is 0 Å². The highest BCUT2D eigenvalue weighted by atomic mass is 32.1. The minimum absolute atomic E-state index is 0.372. The van der Waals surface area contributed by atoms with Gasteiger partial charge in [-0.2, -0.15) is 0 Å². The van der Waals surface area contributed by atoms with Crippen LogP contribution >= 0.6 is 12.2 Å². The van der Waals surface area contributed by atoms with Gasteiger partial charge in [0.1, 0.15) is 0 Å². The van der Waals surface area contributed by atoms with Crippen LogP contribution in [0.4, 0.5) is 5.69 Å². The predicted octanol–water partition coefficient (Wildman–Crippen LogP) is 1.70. The molecule has 1 aliphatic heterocycles. The van der Waals surface area contributed by atoms with Gasteiger partial charge in [-0.15, -0.1) is 0 Å². The van der Waals surface area contributed by atoms with Gasteiger partial charge in [0.25, 0.3) is 0 Å². The zero-order valence-electron chi connectivity index (χ0n) is 7.73. The maximum absolute atomic E-state index is 8.78. The lowest BCUT2D eigenvalue weighted by Gasteiger charge is -2.30. The molecule has 0 atom stereocenters. The average molecular weight is 208 g/mol. The number of hydroxylamine groups is 1. The van der Waals surface area contributed by atoms with Gasteiger partial charge < -0.3 is 4.90 Å². The smallest absolute Gasteiger partial charge is 0.197 e. The second-order valence-electron chi connectivity index (χ2n) is 3.30. The van der Waals surface area contributed by atoms with Crippen molar-refractivity contribution in [2.24, 2.45) is 0 Å².